The molecule has 15 nitrogen and oxygen atoms in total. The van der Waals surface area contributed by atoms with Gasteiger partial charge in [0, 0.05) is 59.3 Å². The molecule has 2 saturated heterocycles. The average Bonchev–Trinajstić information content (AvgIpc) is 4.00. The number of hydrogen-bond acceptors (Lipinski definition) is 13. The maximum absolute atomic E-state index is 13.8. The number of benzene rings is 5. The molecule has 0 bridgehead atoms. The van der Waals surface area contributed by atoms with Gasteiger partial charge in [-0.3, -0.25) is 4.79 Å². The molecule has 3 aliphatic rings. The summed E-state index contributed by atoms with van der Waals surface area (Å²) in [5.41, 5.74) is 4.11. The summed E-state index contributed by atoms with van der Waals surface area (Å²) in [7, 11) is 3.18. The van der Waals surface area contributed by atoms with Crippen molar-refractivity contribution in [3.8, 4) is 28.7 Å². The van der Waals surface area contributed by atoms with Crippen molar-refractivity contribution in [3.63, 3.8) is 0 Å². The van der Waals surface area contributed by atoms with Crippen LogP contribution in [0, 0.1) is 17.6 Å². The molecule has 3 N–H and O–H groups in total. The Morgan fingerprint density at radius 3 is 1.99 bits per heavy atom. The van der Waals surface area contributed by atoms with Crippen molar-refractivity contribution in [2.24, 2.45) is 5.92 Å². The Bertz CT molecular complexity index is 2860. The summed E-state index contributed by atoms with van der Waals surface area (Å²) in [5, 5.41) is 24.5. The SMILES string of the molecule is COc1cc(C(=O)c2ccccc2)ccc1OCCCN1CCC(c2noc3cc(F)ccc23)CC1.COc1ccccc1OCCCN1CCC(C2(/C(=C\C(=O)O)C(=O)O)NOc3cc(F)ccc32)CC1. The minimum atomic E-state index is -1.41. The van der Waals surface area contributed by atoms with Gasteiger partial charge in [-0.2, -0.15) is 0 Å². The summed E-state index contributed by atoms with van der Waals surface area (Å²) in [6, 6.07) is 30.4. The molecule has 3 aliphatic heterocycles. The highest BCUT2D eigenvalue weighted by molar-refractivity contribution is 6.09. The summed E-state index contributed by atoms with van der Waals surface area (Å²) in [6.45, 7) is 6.10. The van der Waals surface area contributed by atoms with Crippen LogP contribution in [0.4, 0.5) is 8.78 Å². The molecule has 4 heterocycles. The normalized spacial score (nSPS) is 17.6. The van der Waals surface area contributed by atoms with Crippen LogP contribution in [0.2, 0.25) is 0 Å². The molecule has 0 saturated carbocycles. The Labute approximate surface area is 415 Å². The van der Waals surface area contributed by atoms with Gasteiger partial charge in [0.2, 0.25) is 0 Å². The number of nitrogens with zero attached hydrogens (tertiary/aromatic N) is 3. The molecule has 0 radical (unpaired) electrons. The fraction of sp³-hybridized carbons (Fsp3) is 0.345. The Balaban J connectivity index is 0.000000193. The van der Waals surface area contributed by atoms with Crippen molar-refractivity contribution in [1.29, 1.82) is 0 Å². The van der Waals surface area contributed by atoms with Crippen LogP contribution < -0.4 is 29.3 Å². The van der Waals surface area contributed by atoms with Gasteiger partial charge in [0.25, 0.3) is 0 Å². The van der Waals surface area contributed by atoms with Gasteiger partial charge in [-0.25, -0.2) is 18.4 Å². The zero-order valence-corrected chi connectivity index (χ0v) is 40.2. The summed E-state index contributed by atoms with van der Waals surface area (Å²) < 4.78 is 55.2. The summed E-state index contributed by atoms with van der Waals surface area (Å²) in [5.74, 6) is -0.887. The number of hydrogen-bond donors (Lipinski definition) is 3. The van der Waals surface area contributed by atoms with E-state index in [9.17, 15) is 33.4 Å². The van der Waals surface area contributed by atoms with Gasteiger partial charge >= 0.3 is 11.9 Å². The third-order valence-corrected chi connectivity index (χ3v) is 13.5. The number of nitrogens with one attached hydrogen (secondary N) is 1. The number of aromatic nitrogens is 1. The van der Waals surface area contributed by atoms with E-state index in [-0.39, 0.29) is 28.8 Å². The highest BCUT2D eigenvalue weighted by atomic mass is 19.1. The highest BCUT2D eigenvalue weighted by Gasteiger charge is 2.53. The fourth-order valence-corrected chi connectivity index (χ4v) is 9.90. The molecule has 2 fully saturated rings. The number of halogens is 2. The molecule has 378 valence electrons. The standard InChI is InChI=1S/C29H29FN2O4.C26H29FN2O7/c1-34-27-18-22(29(33)21-6-3-2-4-7-21)8-11-25(27)35-17-5-14-32-15-12-20(13-16-32)28-24-10-9-23(30)19-26(24)36-31-28;1-34-21-5-2-3-6-22(21)35-14-4-11-29-12-9-17(10-13-29)26(20(25(32)33)16-24(30)31)19-8-7-18(27)15-23(19)36-28-26/h2-4,6-11,18-20H,5,12-17H2,1H3;2-3,5-8,15-17,28H,4,9-14H2,1H3,(H,30,31)(H,32,33)/b;20-16-. The zero-order valence-electron chi connectivity index (χ0n) is 40.2. The molecule has 1 unspecified atom stereocenters. The lowest BCUT2D eigenvalue weighted by Crippen LogP contribution is -2.53. The number of ketones is 1. The number of likely N-dealkylation sites (tertiary alicyclic amines) is 2. The largest absolute Gasteiger partial charge is 0.493 e. The van der Waals surface area contributed by atoms with Crippen molar-refractivity contribution in [2.75, 3.05) is 66.7 Å². The minimum absolute atomic E-state index is 0.0466. The van der Waals surface area contributed by atoms with E-state index in [0.29, 0.717) is 96.4 Å². The summed E-state index contributed by atoms with van der Waals surface area (Å²) in [4.78, 5) is 46.6. The monoisotopic (exact) mass is 988 g/mol. The molecule has 17 heteroatoms. The number of aliphatic carboxylic acids is 2. The number of carboxylic acid groups (broad SMARTS) is 2. The second-order valence-electron chi connectivity index (χ2n) is 17.9. The van der Waals surface area contributed by atoms with E-state index in [4.69, 9.17) is 28.3 Å². The van der Waals surface area contributed by atoms with Gasteiger partial charge in [-0.15, -0.1) is 5.48 Å². The molecule has 9 rings (SSSR count). The van der Waals surface area contributed by atoms with Crippen LogP contribution in [0.25, 0.3) is 11.0 Å². The van der Waals surface area contributed by atoms with Gasteiger partial charge in [-0.1, -0.05) is 47.6 Å². The number of methoxy groups -OCH3 is 2. The van der Waals surface area contributed by atoms with Crippen molar-refractivity contribution < 1.29 is 61.7 Å². The molecule has 5 aromatic carbocycles. The lowest BCUT2D eigenvalue weighted by atomic mass is 9.69. The number of ether oxygens (including phenoxy) is 4. The minimum Gasteiger partial charge on any atom is -0.493 e. The molecular formula is C55H58F2N4O11. The van der Waals surface area contributed by atoms with Crippen LogP contribution in [0.5, 0.6) is 28.7 Å². The van der Waals surface area contributed by atoms with Crippen LogP contribution in [0.15, 0.2) is 125 Å². The lowest BCUT2D eigenvalue weighted by molar-refractivity contribution is -0.136. The van der Waals surface area contributed by atoms with Crippen molar-refractivity contribution >= 4 is 28.7 Å². The van der Waals surface area contributed by atoms with Gasteiger partial charge in [0.1, 0.15) is 17.2 Å². The van der Waals surface area contributed by atoms with Crippen molar-refractivity contribution in [2.45, 2.75) is 50.0 Å². The first-order valence-corrected chi connectivity index (χ1v) is 24.1. The Morgan fingerprint density at radius 1 is 0.722 bits per heavy atom. The quantitative estimate of drug-likeness (QED) is 0.0397. The number of para-hydroxylation sites is 2. The van der Waals surface area contributed by atoms with Crippen LogP contribution in [-0.4, -0.2) is 110 Å². The molecule has 1 aromatic heterocycles. The smallest absolute Gasteiger partial charge is 0.334 e. The topological polar surface area (TPSA) is 182 Å². The molecule has 72 heavy (non-hydrogen) atoms. The second-order valence-corrected chi connectivity index (χ2v) is 17.9. The number of fused-ring (bicyclic) bond motifs is 2. The van der Waals surface area contributed by atoms with Crippen LogP contribution in [0.1, 0.15) is 71.6 Å². The number of carbonyl (C=O) groups is 3. The number of carboxylic acids is 2. The fourth-order valence-electron chi connectivity index (χ4n) is 9.90. The van der Waals surface area contributed by atoms with E-state index >= 15 is 0 Å². The molecule has 6 aromatic rings. The van der Waals surface area contributed by atoms with Gasteiger partial charge in [-0.05, 0) is 125 Å². The highest BCUT2D eigenvalue weighted by Crippen LogP contribution is 2.49. The van der Waals surface area contributed by atoms with Crippen molar-refractivity contribution in [3.05, 3.63) is 155 Å². The van der Waals surface area contributed by atoms with E-state index in [0.717, 1.165) is 62.9 Å². The van der Waals surface area contributed by atoms with Gasteiger partial charge in [0.15, 0.2) is 40.1 Å². The molecular weight excluding hydrogens is 931 g/mol. The summed E-state index contributed by atoms with van der Waals surface area (Å²) >= 11 is 0. The van der Waals surface area contributed by atoms with Gasteiger partial charge < -0.3 is 48.3 Å². The number of piperidine rings is 2. The van der Waals surface area contributed by atoms with E-state index in [2.05, 4.69) is 20.4 Å². The van der Waals surface area contributed by atoms with E-state index in [1.807, 2.05) is 42.5 Å². The van der Waals surface area contributed by atoms with Crippen molar-refractivity contribution in [1.82, 2.24) is 20.4 Å². The van der Waals surface area contributed by atoms with E-state index in [1.165, 1.54) is 30.3 Å². The molecule has 1 atom stereocenters. The van der Waals surface area contributed by atoms with Crippen LogP contribution in [0.3, 0.4) is 0 Å². The number of carbonyl (C=O) groups excluding carboxylic acids is 1. The maximum atomic E-state index is 13.8. The van der Waals surface area contributed by atoms with Gasteiger partial charge in [0.05, 0.1) is 38.7 Å². The third-order valence-electron chi connectivity index (χ3n) is 13.5. The molecule has 0 amide bonds. The first-order valence-electron chi connectivity index (χ1n) is 24.1. The maximum Gasteiger partial charge on any atom is 0.334 e. The number of rotatable bonds is 19. The van der Waals surface area contributed by atoms with E-state index in [1.54, 1.807) is 50.6 Å². The first-order chi connectivity index (χ1) is 35.0. The molecule has 0 aliphatic carbocycles. The second kappa shape index (κ2) is 23.7. The predicted octanol–water partition coefficient (Wildman–Crippen LogP) is 9.06. The number of hydroxylamine groups is 1. The Morgan fingerprint density at radius 2 is 1.33 bits per heavy atom. The van der Waals surface area contributed by atoms with E-state index < -0.39 is 23.3 Å². The zero-order chi connectivity index (χ0) is 50.6. The lowest BCUT2D eigenvalue weighted by Gasteiger charge is -2.42. The Hall–Kier alpha value is -7.34. The average molecular weight is 989 g/mol. The summed E-state index contributed by atoms with van der Waals surface area (Å²) in [6.07, 6.45) is 5.52. The Kier molecular flexibility index (Phi) is 16.8. The molecule has 0 spiro atoms. The predicted molar refractivity (Wildman–Crippen MR) is 263 cm³/mol. The third kappa shape index (κ3) is 11.9. The van der Waals surface area contributed by atoms with Crippen LogP contribution >= 0.6 is 0 Å². The van der Waals surface area contributed by atoms with Crippen LogP contribution in [-0.2, 0) is 15.1 Å². The first kappa shape index (κ1) is 51.0.